The number of hydrogen-bond donors (Lipinski definition) is 1. The number of carbonyl (C=O) groups excluding carboxylic acids is 1. The van der Waals surface area contributed by atoms with E-state index in [2.05, 4.69) is 11.1 Å². The highest BCUT2D eigenvalue weighted by Crippen LogP contribution is 2.38. The highest BCUT2D eigenvalue weighted by atomic mass is 35.5. The van der Waals surface area contributed by atoms with Crippen LogP contribution in [0.1, 0.15) is 42.7 Å². The van der Waals surface area contributed by atoms with Crippen molar-refractivity contribution in [3.8, 4) is 6.07 Å². The van der Waals surface area contributed by atoms with E-state index >= 15 is 0 Å². The number of hydrogen-bond acceptors (Lipinski definition) is 2. The van der Waals surface area contributed by atoms with Crippen molar-refractivity contribution < 1.29 is 4.79 Å². The molecule has 0 radical (unpaired) electrons. The number of ketones is 1. The quantitative estimate of drug-likeness (QED) is 0.855. The van der Waals surface area contributed by atoms with Crippen molar-refractivity contribution in [3.05, 3.63) is 34.5 Å². The molecular weight excluding hydrogens is 260 g/mol. The minimum Gasteiger partial charge on any atom is -0.360 e. The smallest absolute Gasteiger partial charge is 0.132 e. The van der Waals surface area contributed by atoms with Gasteiger partial charge in [-0.05, 0) is 30.4 Å². The Morgan fingerprint density at radius 2 is 2.05 bits per heavy atom. The van der Waals surface area contributed by atoms with E-state index in [1.54, 1.807) is 6.20 Å². The highest BCUT2D eigenvalue weighted by Gasteiger charge is 2.23. The van der Waals surface area contributed by atoms with Crippen LogP contribution in [0.2, 0.25) is 5.02 Å². The number of Topliss-reactive ketones (excluding diaryl/α,β-unsaturated/α-hetero) is 1. The third-order valence-corrected chi connectivity index (χ3v) is 4.24. The summed E-state index contributed by atoms with van der Waals surface area (Å²) in [6.45, 7) is 0. The zero-order chi connectivity index (χ0) is 13.4. The summed E-state index contributed by atoms with van der Waals surface area (Å²) in [6, 6.07) is 6.03. The van der Waals surface area contributed by atoms with Gasteiger partial charge in [0, 0.05) is 24.4 Å². The third kappa shape index (κ3) is 2.02. The van der Waals surface area contributed by atoms with Crippen LogP contribution in [0.15, 0.2) is 18.3 Å². The number of rotatable bonds is 1. The van der Waals surface area contributed by atoms with Crippen LogP contribution in [0.3, 0.4) is 0 Å². The van der Waals surface area contributed by atoms with Crippen LogP contribution < -0.4 is 0 Å². The van der Waals surface area contributed by atoms with Gasteiger partial charge in [0.15, 0.2) is 0 Å². The van der Waals surface area contributed by atoms with Gasteiger partial charge in [0.05, 0.1) is 16.1 Å². The fraction of sp³-hybridized carbons (Fsp3) is 0.333. The van der Waals surface area contributed by atoms with Gasteiger partial charge in [-0.25, -0.2) is 0 Å². The second-order valence-corrected chi connectivity index (χ2v) is 5.42. The van der Waals surface area contributed by atoms with Crippen LogP contribution in [0.4, 0.5) is 0 Å². The fourth-order valence-electron chi connectivity index (χ4n) is 2.91. The molecule has 0 unspecified atom stereocenters. The molecule has 3 rings (SSSR count). The first-order valence-corrected chi connectivity index (χ1v) is 6.79. The molecule has 1 aromatic heterocycles. The molecule has 0 bridgehead atoms. The molecule has 1 N–H and O–H groups in total. The molecular formula is C15H13ClN2O. The first-order valence-electron chi connectivity index (χ1n) is 6.42. The second-order valence-electron chi connectivity index (χ2n) is 5.01. The number of H-pyrrole nitrogens is 1. The normalized spacial score (nSPS) is 16.7. The monoisotopic (exact) mass is 272 g/mol. The summed E-state index contributed by atoms with van der Waals surface area (Å²) in [5.41, 5.74) is 2.70. The van der Waals surface area contributed by atoms with E-state index in [1.165, 1.54) is 5.56 Å². The van der Waals surface area contributed by atoms with Crippen LogP contribution in [0, 0.1) is 11.3 Å². The molecule has 2 aromatic rings. The van der Waals surface area contributed by atoms with Gasteiger partial charge in [-0.15, -0.1) is 0 Å². The lowest BCUT2D eigenvalue weighted by molar-refractivity contribution is -0.120. The fourth-order valence-corrected chi connectivity index (χ4v) is 3.17. The van der Waals surface area contributed by atoms with Crippen LogP contribution in [0.25, 0.3) is 10.9 Å². The van der Waals surface area contributed by atoms with Crippen LogP contribution >= 0.6 is 11.6 Å². The molecule has 4 heteroatoms. The summed E-state index contributed by atoms with van der Waals surface area (Å²) in [5, 5.41) is 10.5. The lowest BCUT2D eigenvalue weighted by Crippen LogP contribution is -2.12. The lowest BCUT2D eigenvalue weighted by atomic mass is 9.82. The van der Waals surface area contributed by atoms with Crippen LogP contribution in [-0.4, -0.2) is 10.8 Å². The zero-order valence-corrected chi connectivity index (χ0v) is 11.1. The minimum atomic E-state index is 0.352. The Labute approximate surface area is 116 Å². The highest BCUT2D eigenvalue weighted by molar-refractivity contribution is 6.36. The van der Waals surface area contributed by atoms with E-state index in [0.717, 1.165) is 23.7 Å². The van der Waals surface area contributed by atoms with Crippen molar-refractivity contribution in [3.63, 3.8) is 0 Å². The topological polar surface area (TPSA) is 56.6 Å². The molecule has 0 atom stereocenters. The number of benzene rings is 1. The largest absolute Gasteiger partial charge is 0.360 e. The molecule has 0 aliphatic heterocycles. The summed E-state index contributed by atoms with van der Waals surface area (Å²) >= 11 is 6.19. The van der Waals surface area contributed by atoms with Crippen molar-refractivity contribution in [1.29, 1.82) is 5.26 Å². The van der Waals surface area contributed by atoms with Crippen molar-refractivity contribution in [2.75, 3.05) is 0 Å². The SMILES string of the molecule is N#Cc1c[nH]c2c(C3CCC(=O)CC3)ccc(Cl)c12. The molecule has 1 saturated carbocycles. The van der Waals surface area contributed by atoms with Gasteiger partial charge in [-0.1, -0.05) is 17.7 Å². The van der Waals surface area contributed by atoms with Crippen molar-refractivity contribution >= 4 is 28.3 Å². The molecule has 0 amide bonds. The van der Waals surface area contributed by atoms with Gasteiger partial charge >= 0.3 is 0 Å². The Balaban J connectivity index is 2.10. The van der Waals surface area contributed by atoms with Crippen molar-refractivity contribution in [2.45, 2.75) is 31.6 Å². The third-order valence-electron chi connectivity index (χ3n) is 3.92. The molecule has 96 valence electrons. The maximum absolute atomic E-state index is 11.3. The predicted molar refractivity (Wildman–Crippen MR) is 74.2 cm³/mol. The average molecular weight is 273 g/mol. The Bertz CT molecular complexity index is 686. The Morgan fingerprint density at radius 1 is 1.32 bits per heavy atom. The van der Waals surface area contributed by atoms with E-state index < -0.39 is 0 Å². The van der Waals surface area contributed by atoms with Crippen LogP contribution in [0.5, 0.6) is 0 Å². The first-order chi connectivity index (χ1) is 9.20. The van der Waals surface area contributed by atoms with Gasteiger partial charge in [0.2, 0.25) is 0 Å². The predicted octanol–water partition coefficient (Wildman–Crippen LogP) is 3.92. The standard InChI is InChI=1S/C15H13ClN2O/c16-13-6-5-12(9-1-3-11(19)4-2-9)15-14(13)10(7-17)8-18-15/h5-6,8-9,18H,1-4H2. The number of carbonyl (C=O) groups is 1. The molecule has 0 saturated heterocycles. The van der Waals surface area contributed by atoms with E-state index in [9.17, 15) is 4.79 Å². The molecule has 1 aromatic carbocycles. The van der Waals surface area contributed by atoms with E-state index in [-0.39, 0.29) is 0 Å². The van der Waals surface area contributed by atoms with Gasteiger partial charge in [-0.3, -0.25) is 4.79 Å². The zero-order valence-electron chi connectivity index (χ0n) is 10.4. The van der Waals surface area contributed by atoms with E-state index in [1.807, 2.05) is 12.1 Å². The molecule has 1 aliphatic carbocycles. The Morgan fingerprint density at radius 3 is 2.74 bits per heavy atom. The second kappa shape index (κ2) is 4.71. The summed E-state index contributed by atoms with van der Waals surface area (Å²) < 4.78 is 0. The first kappa shape index (κ1) is 12.3. The summed E-state index contributed by atoms with van der Waals surface area (Å²) in [6.07, 6.45) is 4.78. The van der Waals surface area contributed by atoms with E-state index in [0.29, 0.717) is 35.1 Å². The Hall–Kier alpha value is -1.79. The summed E-state index contributed by atoms with van der Waals surface area (Å²) in [4.78, 5) is 14.5. The Kier molecular flexibility index (Phi) is 3.04. The number of halogens is 1. The van der Waals surface area contributed by atoms with E-state index in [4.69, 9.17) is 16.9 Å². The van der Waals surface area contributed by atoms with Crippen molar-refractivity contribution in [1.82, 2.24) is 4.98 Å². The number of nitrogens with zero attached hydrogens (tertiary/aromatic N) is 1. The molecule has 19 heavy (non-hydrogen) atoms. The molecule has 1 fully saturated rings. The average Bonchev–Trinajstić information content (AvgIpc) is 2.85. The van der Waals surface area contributed by atoms with Crippen molar-refractivity contribution in [2.24, 2.45) is 0 Å². The molecule has 3 nitrogen and oxygen atoms in total. The minimum absolute atomic E-state index is 0.352. The molecule has 1 aliphatic rings. The lowest BCUT2D eigenvalue weighted by Gasteiger charge is -2.22. The molecule has 0 spiro atoms. The number of aromatic nitrogens is 1. The van der Waals surface area contributed by atoms with Gasteiger partial charge in [0.1, 0.15) is 11.9 Å². The summed E-state index contributed by atoms with van der Waals surface area (Å²) in [5.74, 6) is 0.730. The number of nitrogens with one attached hydrogen (secondary N) is 1. The maximum Gasteiger partial charge on any atom is 0.132 e. The molecule has 1 heterocycles. The number of fused-ring (bicyclic) bond motifs is 1. The number of aromatic amines is 1. The van der Waals surface area contributed by atoms with Gasteiger partial charge < -0.3 is 4.98 Å². The maximum atomic E-state index is 11.3. The van der Waals surface area contributed by atoms with Gasteiger partial charge in [-0.2, -0.15) is 5.26 Å². The summed E-state index contributed by atoms with van der Waals surface area (Å²) in [7, 11) is 0. The van der Waals surface area contributed by atoms with Crippen LogP contribution in [-0.2, 0) is 4.79 Å². The van der Waals surface area contributed by atoms with Gasteiger partial charge in [0.25, 0.3) is 0 Å². The number of nitriles is 1.